The average molecular weight is 321 g/mol. The molecule has 0 aromatic rings. The Labute approximate surface area is 114 Å². The molecule has 0 bridgehead atoms. The SMILES string of the molecule is CCOC(=O)C1CC(=O)C(Br)CC1C(=O)OCC. The van der Waals surface area contributed by atoms with Gasteiger partial charge in [-0.25, -0.2) is 0 Å². The second kappa shape index (κ2) is 6.87. The number of rotatable bonds is 4. The molecule has 1 rings (SSSR count). The summed E-state index contributed by atoms with van der Waals surface area (Å²) in [5.74, 6) is -2.33. The van der Waals surface area contributed by atoms with Gasteiger partial charge in [0, 0.05) is 6.42 Å². The number of carbonyl (C=O) groups excluding carboxylic acids is 3. The van der Waals surface area contributed by atoms with Gasteiger partial charge >= 0.3 is 11.9 Å². The van der Waals surface area contributed by atoms with Crippen LogP contribution in [0.25, 0.3) is 0 Å². The van der Waals surface area contributed by atoms with Crippen molar-refractivity contribution in [3.05, 3.63) is 0 Å². The van der Waals surface area contributed by atoms with Crippen LogP contribution in [0, 0.1) is 11.8 Å². The van der Waals surface area contributed by atoms with Crippen molar-refractivity contribution < 1.29 is 23.9 Å². The molecule has 18 heavy (non-hydrogen) atoms. The van der Waals surface area contributed by atoms with Crippen LogP contribution in [-0.4, -0.2) is 35.8 Å². The largest absolute Gasteiger partial charge is 0.466 e. The van der Waals surface area contributed by atoms with E-state index < -0.39 is 28.6 Å². The Morgan fingerprint density at radius 2 is 1.67 bits per heavy atom. The van der Waals surface area contributed by atoms with Crippen molar-refractivity contribution in [1.82, 2.24) is 0 Å². The summed E-state index contributed by atoms with van der Waals surface area (Å²) in [5, 5.41) is 0. The predicted octanol–water partition coefficient (Wildman–Crippen LogP) is 1.47. The smallest absolute Gasteiger partial charge is 0.310 e. The molecule has 0 heterocycles. The van der Waals surface area contributed by atoms with Crippen molar-refractivity contribution >= 4 is 33.7 Å². The lowest BCUT2D eigenvalue weighted by molar-refractivity contribution is -0.163. The highest BCUT2D eigenvalue weighted by Crippen LogP contribution is 2.33. The molecule has 0 amide bonds. The number of carbonyl (C=O) groups is 3. The fraction of sp³-hybridized carbons (Fsp3) is 0.750. The second-order valence-corrected chi connectivity index (χ2v) is 5.20. The van der Waals surface area contributed by atoms with E-state index in [4.69, 9.17) is 9.47 Å². The Hall–Kier alpha value is -0.910. The first-order chi connectivity index (χ1) is 8.51. The van der Waals surface area contributed by atoms with Gasteiger partial charge in [-0.3, -0.25) is 14.4 Å². The Kier molecular flexibility index (Phi) is 5.78. The van der Waals surface area contributed by atoms with Gasteiger partial charge in [0.15, 0.2) is 0 Å². The van der Waals surface area contributed by atoms with Crippen molar-refractivity contribution in [2.75, 3.05) is 13.2 Å². The summed E-state index contributed by atoms with van der Waals surface area (Å²) in [7, 11) is 0. The van der Waals surface area contributed by atoms with Gasteiger partial charge in [-0.15, -0.1) is 0 Å². The summed E-state index contributed by atoms with van der Waals surface area (Å²) in [6, 6.07) is 0. The molecular formula is C12H17BrO5. The summed E-state index contributed by atoms with van der Waals surface area (Å²) in [4.78, 5) is 34.8. The Morgan fingerprint density at radius 3 is 2.17 bits per heavy atom. The molecule has 0 N–H and O–H groups in total. The van der Waals surface area contributed by atoms with E-state index in [1.165, 1.54) is 0 Å². The summed E-state index contributed by atoms with van der Waals surface area (Å²) >= 11 is 3.22. The zero-order valence-electron chi connectivity index (χ0n) is 10.5. The van der Waals surface area contributed by atoms with Crippen LogP contribution in [0.15, 0.2) is 0 Å². The molecule has 0 aromatic heterocycles. The highest BCUT2D eigenvalue weighted by atomic mass is 79.9. The average Bonchev–Trinajstić information content (AvgIpc) is 2.32. The summed E-state index contributed by atoms with van der Waals surface area (Å²) in [6.07, 6.45) is 0.305. The molecule has 0 aliphatic heterocycles. The fourth-order valence-electron chi connectivity index (χ4n) is 2.01. The van der Waals surface area contributed by atoms with E-state index in [1.54, 1.807) is 13.8 Å². The van der Waals surface area contributed by atoms with Crippen LogP contribution in [0.5, 0.6) is 0 Å². The zero-order chi connectivity index (χ0) is 13.7. The number of ketones is 1. The number of halogens is 1. The van der Waals surface area contributed by atoms with E-state index in [-0.39, 0.29) is 31.8 Å². The first-order valence-corrected chi connectivity index (χ1v) is 6.92. The van der Waals surface area contributed by atoms with Crippen LogP contribution in [0.3, 0.4) is 0 Å². The minimum Gasteiger partial charge on any atom is -0.466 e. The molecule has 6 heteroatoms. The molecule has 3 unspecified atom stereocenters. The van der Waals surface area contributed by atoms with E-state index in [0.29, 0.717) is 0 Å². The van der Waals surface area contributed by atoms with Crippen molar-refractivity contribution in [2.24, 2.45) is 11.8 Å². The molecule has 102 valence electrons. The standard InChI is InChI=1S/C12H17BrO5/c1-3-17-11(15)7-5-9(13)10(14)6-8(7)12(16)18-4-2/h7-9H,3-6H2,1-2H3. The van der Waals surface area contributed by atoms with E-state index in [1.807, 2.05) is 0 Å². The van der Waals surface area contributed by atoms with Gasteiger partial charge < -0.3 is 9.47 Å². The minimum absolute atomic E-state index is 0.0260. The predicted molar refractivity (Wildman–Crippen MR) is 67.2 cm³/mol. The van der Waals surface area contributed by atoms with Gasteiger partial charge in [0.25, 0.3) is 0 Å². The quantitative estimate of drug-likeness (QED) is 0.579. The Balaban J connectivity index is 2.83. The van der Waals surface area contributed by atoms with Gasteiger partial charge in [-0.05, 0) is 20.3 Å². The number of hydrogen-bond acceptors (Lipinski definition) is 5. The van der Waals surface area contributed by atoms with Crippen molar-refractivity contribution in [3.63, 3.8) is 0 Å². The van der Waals surface area contributed by atoms with E-state index in [0.717, 1.165) is 0 Å². The van der Waals surface area contributed by atoms with Crippen LogP contribution in [0.2, 0.25) is 0 Å². The third-order valence-electron chi connectivity index (χ3n) is 2.90. The molecule has 3 atom stereocenters. The molecular weight excluding hydrogens is 304 g/mol. The molecule has 1 saturated carbocycles. The van der Waals surface area contributed by atoms with Gasteiger partial charge in [0.1, 0.15) is 5.78 Å². The summed E-state index contributed by atoms with van der Waals surface area (Å²) in [5.41, 5.74) is 0. The van der Waals surface area contributed by atoms with Gasteiger partial charge in [0.2, 0.25) is 0 Å². The summed E-state index contributed by atoms with van der Waals surface area (Å²) in [6.45, 7) is 3.88. The fourth-order valence-corrected chi connectivity index (χ4v) is 2.60. The maximum Gasteiger partial charge on any atom is 0.310 e. The molecule has 1 fully saturated rings. The lowest BCUT2D eigenvalue weighted by Crippen LogP contribution is -2.42. The topological polar surface area (TPSA) is 69.7 Å². The lowest BCUT2D eigenvalue weighted by atomic mass is 9.78. The molecule has 1 aliphatic carbocycles. The highest BCUT2D eigenvalue weighted by Gasteiger charge is 2.44. The minimum atomic E-state index is -0.717. The normalized spacial score (nSPS) is 27.7. The van der Waals surface area contributed by atoms with E-state index >= 15 is 0 Å². The molecule has 0 saturated heterocycles. The van der Waals surface area contributed by atoms with Crippen LogP contribution >= 0.6 is 15.9 Å². The molecule has 0 radical (unpaired) electrons. The third kappa shape index (κ3) is 3.54. The Bertz CT molecular complexity index is 341. The second-order valence-electron chi connectivity index (χ2n) is 4.09. The third-order valence-corrected chi connectivity index (χ3v) is 3.78. The van der Waals surface area contributed by atoms with Gasteiger partial charge in [-0.2, -0.15) is 0 Å². The van der Waals surface area contributed by atoms with Gasteiger partial charge in [0.05, 0.1) is 29.9 Å². The number of hydrogen-bond donors (Lipinski definition) is 0. The summed E-state index contributed by atoms with van der Waals surface area (Å²) < 4.78 is 9.85. The van der Waals surface area contributed by atoms with Crippen LogP contribution < -0.4 is 0 Å². The molecule has 0 spiro atoms. The first-order valence-electron chi connectivity index (χ1n) is 6.01. The van der Waals surface area contributed by atoms with Crippen molar-refractivity contribution in [2.45, 2.75) is 31.5 Å². The Morgan fingerprint density at radius 1 is 1.17 bits per heavy atom. The van der Waals surface area contributed by atoms with E-state index in [2.05, 4.69) is 15.9 Å². The first kappa shape index (κ1) is 15.1. The van der Waals surface area contributed by atoms with E-state index in [9.17, 15) is 14.4 Å². The molecule has 5 nitrogen and oxygen atoms in total. The number of Topliss-reactive ketones (excluding diaryl/α,β-unsaturated/α-hetero) is 1. The van der Waals surface area contributed by atoms with Crippen molar-refractivity contribution in [1.29, 1.82) is 0 Å². The zero-order valence-corrected chi connectivity index (χ0v) is 12.1. The van der Waals surface area contributed by atoms with Gasteiger partial charge in [-0.1, -0.05) is 15.9 Å². The van der Waals surface area contributed by atoms with Crippen LogP contribution in [-0.2, 0) is 23.9 Å². The number of alkyl halides is 1. The highest BCUT2D eigenvalue weighted by molar-refractivity contribution is 9.10. The lowest BCUT2D eigenvalue weighted by Gasteiger charge is -2.29. The maximum atomic E-state index is 11.8. The molecule has 0 aromatic carbocycles. The monoisotopic (exact) mass is 320 g/mol. The number of esters is 2. The maximum absolute atomic E-state index is 11.8. The number of ether oxygens (including phenoxy) is 2. The van der Waals surface area contributed by atoms with Crippen LogP contribution in [0.1, 0.15) is 26.7 Å². The van der Waals surface area contributed by atoms with Crippen molar-refractivity contribution in [3.8, 4) is 0 Å². The van der Waals surface area contributed by atoms with Crippen LogP contribution in [0.4, 0.5) is 0 Å². The molecule has 1 aliphatic rings.